The fraction of sp³-hybridized carbons (Fsp3) is 0.150. The summed E-state index contributed by atoms with van der Waals surface area (Å²) >= 11 is 6.07. The molecule has 1 aromatic heterocycles. The van der Waals surface area contributed by atoms with Crippen molar-refractivity contribution in [3.63, 3.8) is 0 Å². The molecule has 2 aromatic carbocycles. The maximum Gasteiger partial charge on any atom is 0.258 e. The zero-order valence-corrected chi connectivity index (χ0v) is 16.2. The number of anilines is 3. The molecule has 3 rings (SSSR count). The van der Waals surface area contributed by atoms with Gasteiger partial charge < -0.3 is 20.1 Å². The monoisotopic (exact) mass is 398 g/mol. The Morgan fingerprint density at radius 2 is 1.86 bits per heavy atom. The summed E-state index contributed by atoms with van der Waals surface area (Å²) in [5, 5.41) is 6.24. The Kier molecular flexibility index (Phi) is 6.29. The van der Waals surface area contributed by atoms with E-state index >= 15 is 0 Å². The van der Waals surface area contributed by atoms with Gasteiger partial charge in [-0.1, -0.05) is 23.7 Å². The first-order chi connectivity index (χ1) is 13.6. The summed E-state index contributed by atoms with van der Waals surface area (Å²) in [7, 11) is 1.53. The Balaban J connectivity index is 1.68. The normalized spacial score (nSPS) is 10.2. The summed E-state index contributed by atoms with van der Waals surface area (Å²) in [5.74, 6) is 1.25. The van der Waals surface area contributed by atoms with Crippen LogP contribution in [0.3, 0.4) is 0 Å². The van der Waals surface area contributed by atoms with Crippen LogP contribution in [0.4, 0.5) is 17.3 Å². The van der Waals surface area contributed by atoms with Crippen LogP contribution in [0.5, 0.6) is 11.5 Å². The number of hydrogen-bond acceptors (Lipinski definition) is 6. The van der Waals surface area contributed by atoms with Crippen LogP contribution in [0, 0.1) is 0 Å². The van der Waals surface area contributed by atoms with E-state index in [9.17, 15) is 4.79 Å². The predicted octanol–water partition coefficient (Wildman–Crippen LogP) is 4.53. The lowest BCUT2D eigenvalue weighted by atomic mass is 10.2. The van der Waals surface area contributed by atoms with Crippen molar-refractivity contribution in [1.82, 2.24) is 9.97 Å². The number of ether oxygens (including phenoxy) is 2. The van der Waals surface area contributed by atoms with Crippen molar-refractivity contribution in [1.29, 1.82) is 0 Å². The van der Waals surface area contributed by atoms with E-state index in [-0.39, 0.29) is 5.91 Å². The fourth-order valence-corrected chi connectivity index (χ4v) is 2.69. The van der Waals surface area contributed by atoms with Gasteiger partial charge in [0.05, 0.1) is 30.0 Å². The van der Waals surface area contributed by atoms with Crippen LogP contribution < -0.4 is 20.1 Å². The van der Waals surface area contributed by atoms with Gasteiger partial charge in [0.1, 0.15) is 11.5 Å². The molecular weight excluding hydrogens is 380 g/mol. The highest BCUT2D eigenvalue weighted by molar-refractivity contribution is 6.32. The lowest BCUT2D eigenvalue weighted by Crippen LogP contribution is -2.13. The van der Waals surface area contributed by atoms with Crippen LogP contribution in [-0.2, 0) is 0 Å². The Morgan fingerprint density at radius 3 is 2.54 bits per heavy atom. The standard InChI is InChI=1S/C20H19ClN4O3/c1-3-28-18-7-5-4-6-16(18)25-20-22-11-13(12-23-20)19(26)24-14-8-9-17(27-2)15(21)10-14/h4-12H,3H2,1-2H3,(H,24,26)(H,22,23,25). The average Bonchev–Trinajstić information content (AvgIpc) is 2.70. The summed E-state index contributed by atoms with van der Waals surface area (Å²) in [6, 6.07) is 12.5. The Bertz CT molecular complexity index is 964. The van der Waals surface area contributed by atoms with E-state index in [2.05, 4.69) is 20.6 Å². The number of methoxy groups -OCH3 is 1. The third kappa shape index (κ3) is 4.69. The first kappa shape index (κ1) is 19.4. The van der Waals surface area contributed by atoms with E-state index in [1.807, 2.05) is 31.2 Å². The molecule has 2 N–H and O–H groups in total. The number of carbonyl (C=O) groups excluding carboxylic acids is 1. The second kappa shape index (κ2) is 9.05. The summed E-state index contributed by atoms with van der Waals surface area (Å²) in [5.41, 5.74) is 1.61. The van der Waals surface area contributed by atoms with Crippen molar-refractivity contribution in [2.45, 2.75) is 6.92 Å². The van der Waals surface area contributed by atoms with Gasteiger partial charge in [-0.3, -0.25) is 4.79 Å². The molecule has 0 aliphatic rings. The molecule has 0 atom stereocenters. The van der Waals surface area contributed by atoms with Gasteiger partial charge in [-0.15, -0.1) is 0 Å². The summed E-state index contributed by atoms with van der Waals surface area (Å²) in [4.78, 5) is 20.8. The number of amides is 1. The van der Waals surface area contributed by atoms with E-state index in [0.717, 1.165) is 5.69 Å². The van der Waals surface area contributed by atoms with Gasteiger partial charge in [-0.2, -0.15) is 0 Å². The summed E-state index contributed by atoms with van der Waals surface area (Å²) in [6.07, 6.45) is 2.89. The molecule has 144 valence electrons. The van der Waals surface area contributed by atoms with Crippen molar-refractivity contribution < 1.29 is 14.3 Å². The molecular formula is C20H19ClN4O3. The summed E-state index contributed by atoms with van der Waals surface area (Å²) in [6.45, 7) is 2.46. The fourth-order valence-electron chi connectivity index (χ4n) is 2.43. The van der Waals surface area contributed by atoms with Gasteiger partial charge in [0, 0.05) is 18.1 Å². The zero-order valence-electron chi connectivity index (χ0n) is 15.4. The smallest absolute Gasteiger partial charge is 0.258 e. The van der Waals surface area contributed by atoms with E-state index in [1.165, 1.54) is 19.5 Å². The highest BCUT2D eigenvalue weighted by Crippen LogP contribution is 2.28. The summed E-state index contributed by atoms with van der Waals surface area (Å²) < 4.78 is 10.7. The van der Waals surface area contributed by atoms with Crippen LogP contribution in [0.15, 0.2) is 54.9 Å². The molecule has 0 radical (unpaired) electrons. The quantitative estimate of drug-likeness (QED) is 0.608. The van der Waals surface area contributed by atoms with Crippen LogP contribution >= 0.6 is 11.6 Å². The van der Waals surface area contributed by atoms with Gasteiger partial charge in [0.25, 0.3) is 5.91 Å². The molecule has 0 spiro atoms. The molecule has 0 aliphatic heterocycles. The van der Waals surface area contributed by atoms with Gasteiger partial charge in [-0.05, 0) is 37.3 Å². The van der Waals surface area contributed by atoms with Crippen LogP contribution in [0.2, 0.25) is 5.02 Å². The van der Waals surface area contributed by atoms with Crippen molar-refractivity contribution in [3.8, 4) is 11.5 Å². The molecule has 0 bridgehead atoms. The lowest BCUT2D eigenvalue weighted by molar-refractivity contribution is 0.102. The average molecular weight is 399 g/mol. The van der Waals surface area contributed by atoms with Crippen molar-refractivity contribution in [3.05, 3.63) is 65.4 Å². The third-order valence-electron chi connectivity index (χ3n) is 3.76. The maximum atomic E-state index is 12.4. The Hall–Kier alpha value is -3.32. The molecule has 28 heavy (non-hydrogen) atoms. The minimum absolute atomic E-state index is 0.315. The molecule has 1 heterocycles. The highest BCUT2D eigenvalue weighted by atomic mass is 35.5. The van der Waals surface area contributed by atoms with E-state index < -0.39 is 0 Å². The van der Waals surface area contributed by atoms with Crippen LogP contribution in [0.1, 0.15) is 17.3 Å². The molecule has 0 fully saturated rings. The number of hydrogen-bond donors (Lipinski definition) is 2. The van der Waals surface area contributed by atoms with E-state index in [0.29, 0.717) is 40.3 Å². The van der Waals surface area contributed by atoms with E-state index in [1.54, 1.807) is 18.2 Å². The van der Waals surface area contributed by atoms with Gasteiger partial charge >= 0.3 is 0 Å². The number of halogens is 1. The van der Waals surface area contributed by atoms with Crippen molar-refractivity contribution in [2.75, 3.05) is 24.4 Å². The minimum Gasteiger partial charge on any atom is -0.495 e. The number of benzene rings is 2. The van der Waals surface area contributed by atoms with E-state index in [4.69, 9.17) is 21.1 Å². The molecule has 0 aliphatic carbocycles. The molecule has 0 saturated carbocycles. The molecule has 3 aromatic rings. The largest absolute Gasteiger partial charge is 0.495 e. The minimum atomic E-state index is -0.345. The second-order valence-corrected chi connectivity index (χ2v) is 6.06. The van der Waals surface area contributed by atoms with Gasteiger partial charge in [-0.25, -0.2) is 9.97 Å². The second-order valence-electron chi connectivity index (χ2n) is 5.65. The Labute approximate surface area is 167 Å². The molecule has 7 nitrogen and oxygen atoms in total. The van der Waals surface area contributed by atoms with Crippen LogP contribution in [0.25, 0.3) is 0 Å². The zero-order chi connectivity index (χ0) is 19.9. The number of para-hydroxylation sites is 2. The van der Waals surface area contributed by atoms with Gasteiger partial charge in [0.15, 0.2) is 0 Å². The third-order valence-corrected chi connectivity index (χ3v) is 4.05. The highest BCUT2D eigenvalue weighted by Gasteiger charge is 2.10. The van der Waals surface area contributed by atoms with Crippen molar-refractivity contribution >= 4 is 34.8 Å². The number of aromatic nitrogens is 2. The van der Waals surface area contributed by atoms with Crippen LogP contribution in [-0.4, -0.2) is 29.6 Å². The first-order valence-electron chi connectivity index (χ1n) is 8.56. The number of nitrogens with one attached hydrogen (secondary N) is 2. The maximum absolute atomic E-state index is 12.4. The number of nitrogens with zero attached hydrogens (tertiary/aromatic N) is 2. The van der Waals surface area contributed by atoms with Crippen molar-refractivity contribution in [2.24, 2.45) is 0 Å². The molecule has 1 amide bonds. The topological polar surface area (TPSA) is 85.4 Å². The first-order valence-corrected chi connectivity index (χ1v) is 8.94. The lowest BCUT2D eigenvalue weighted by Gasteiger charge is -2.11. The number of carbonyl (C=O) groups is 1. The molecule has 8 heteroatoms. The molecule has 0 saturated heterocycles. The Morgan fingerprint density at radius 1 is 1.11 bits per heavy atom. The predicted molar refractivity (Wildman–Crippen MR) is 109 cm³/mol. The SMILES string of the molecule is CCOc1ccccc1Nc1ncc(C(=O)Nc2ccc(OC)c(Cl)c2)cn1. The number of rotatable bonds is 7. The molecule has 0 unspecified atom stereocenters. The van der Waals surface area contributed by atoms with Gasteiger partial charge in [0.2, 0.25) is 5.95 Å².